The maximum Gasteiger partial charge on any atom is 0.248 e. The van der Waals surface area contributed by atoms with Gasteiger partial charge in [0.05, 0.1) is 23.9 Å². The molecule has 0 atom stereocenters. The summed E-state index contributed by atoms with van der Waals surface area (Å²) in [6, 6.07) is 13.5. The largest absolute Gasteiger partial charge is 0.489 e. The molecule has 1 aliphatic heterocycles. The third kappa shape index (κ3) is 3.36. The highest BCUT2D eigenvalue weighted by Gasteiger charge is 2.16. The molecule has 25 heavy (non-hydrogen) atoms. The van der Waals surface area contributed by atoms with E-state index in [1.165, 1.54) is 0 Å². The summed E-state index contributed by atoms with van der Waals surface area (Å²) >= 11 is 6.33. The van der Waals surface area contributed by atoms with E-state index in [1.54, 1.807) is 4.68 Å². The summed E-state index contributed by atoms with van der Waals surface area (Å²) in [6.07, 6.45) is 0.838. The Balaban J connectivity index is 1.54. The standard InChI is InChI=1S/C17H16ClN5O2/c18-14-9-12(10-15-16(14)25-8-4-7-24-15)11-19-17-20-21-22-23(17)13-5-2-1-3-6-13/h1-3,5-6,9-10H,4,7-8,11H2,(H,19,20,22). The lowest BCUT2D eigenvalue weighted by molar-refractivity contribution is 0.297. The van der Waals surface area contributed by atoms with Crippen LogP contribution in [0.15, 0.2) is 42.5 Å². The van der Waals surface area contributed by atoms with Crippen LogP contribution in [0.2, 0.25) is 5.02 Å². The van der Waals surface area contributed by atoms with E-state index in [4.69, 9.17) is 21.1 Å². The summed E-state index contributed by atoms with van der Waals surface area (Å²) in [4.78, 5) is 0. The van der Waals surface area contributed by atoms with E-state index in [9.17, 15) is 0 Å². The predicted molar refractivity (Wildman–Crippen MR) is 93.5 cm³/mol. The molecule has 0 fully saturated rings. The minimum Gasteiger partial charge on any atom is -0.489 e. The summed E-state index contributed by atoms with van der Waals surface area (Å²) in [7, 11) is 0. The molecule has 0 saturated heterocycles. The van der Waals surface area contributed by atoms with Crippen LogP contribution in [0, 0.1) is 0 Å². The molecule has 2 heterocycles. The SMILES string of the molecule is Clc1cc(CNc2nnnn2-c2ccccc2)cc2c1OCCCO2. The normalized spacial score (nSPS) is 13.3. The second-order valence-corrected chi connectivity index (χ2v) is 5.97. The fraction of sp³-hybridized carbons (Fsp3) is 0.235. The molecule has 0 radical (unpaired) electrons. The minimum atomic E-state index is 0.504. The smallest absolute Gasteiger partial charge is 0.248 e. The zero-order valence-electron chi connectivity index (χ0n) is 13.4. The molecule has 3 aromatic rings. The van der Waals surface area contributed by atoms with Crippen molar-refractivity contribution in [2.24, 2.45) is 0 Å². The van der Waals surface area contributed by atoms with Crippen LogP contribution >= 0.6 is 11.6 Å². The molecule has 8 heteroatoms. The van der Waals surface area contributed by atoms with Crippen molar-refractivity contribution in [2.75, 3.05) is 18.5 Å². The van der Waals surface area contributed by atoms with Gasteiger partial charge in [-0.1, -0.05) is 34.9 Å². The maximum absolute atomic E-state index is 6.33. The van der Waals surface area contributed by atoms with Crippen molar-refractivity contribution < 1.29 is 9.47 Å². The zero-order chi connectivity index (χ0) is 17.1. The highest BCUT2D eigenvalue weighted by atomic mass is 35.5. The molecule has 0 spiro atoms. The van der Waals surface area contributed by atoms with E-state index >= 15 is 0 Å². The van der Waals surface area contributed by atoms with Crippen LogP contribution in [0.5, 0.6) is 11.5 Å². The van der Waals surface area contributed by atoms with Gasteiger partial charge in [-0.05, 0) is 40.3 Å². The summed E-state index contributed by atoms with van der Waals surface area (Å²) in [5, 5.41) is 15.6. The Labute approximate surface area is 149 Å². The number of halogens is 1. The Morgan fingerprint density at radius 1 is 1.12 bits per heavy atom. The zero-order valence-corrected chi connectivity index (χ0v) is 14.1. The minimum absolute atomic E-state index is 0.504. The first-order valence-corrected chi connectivity index (χ1v) is 8.35. The fourth-order valence-corrected chi connectivity index (χ4v) is 2.90. The first-order chi connectivity index (χ1) is 12.3. The van der Waals surface area contributed by atoms with Gasteiger partial charge in [0.1, 0.15) is 0 Å². The summed E-state index contributed by atoms with van der Waals surface area (Å²) in [5.74, 6) is 1.83. The molecule has 1 N–H and O–H groups in total. The summed E-state index contributed by atoms with van der Waals surface area (Å²) in [6.45, 7) is 1.73. The van der Waals surface area contributed by atoms with Crippen LogP contribution in [0.1, 0.15) is 12.0 Å². The molecule has 0 saturated carbocycles. The number of nitrogens with one attached hydrogen (secondary N) is 1. The molecule has 0 bridgehead atoms. The van der Waals surface area contributed by atoms with Gasteiger partial charge in [-0.2, -0.15) is 4.68 Å². The lowest BCUT2D eigenvalue weighted by Gasteiger charge is -2.12. The van der Waals surface area contributed by atoms with Gasteiger partial charge in [0.25, 0.3) is 0 Å². The predicted octanol–water partition coefficient (Wildman–Crippen LogP) is 3.09. The van der Waals surface area contributed by atoms with Gasteiger partial charge >= 0.3 is 0 Å². The third-order valence-corrected chi connectivity index (χ3v) is 4.06. The van der Waals surface area contributed by atoms with E-state index < -0.39 is 0 Å². The number of hydrogen-bond acceptors (Lipinski definition) is 6. The molecule has 7 nitrogen and oxygen atoms in total. The number of fused-ring (bicyclic) bond motifs is 1. The van der Waals surface area contributed by atoms with Crippen LogP contribution in [0.3, 0.4) is 0 Å². The monoisotopic (exact) mass is 357 g/mol. The van der Waals surface area contributed by atoms with E-state index in [2.05, 4.69) is 20.8 Å². The molecule has 1 aliphatic rings. The van der Waals surface area contributed by atoms with Gasteiger partial charge in [0.2, 0.25) is 5.95 Å². The van der Waals surface area contributed by atoms with Crippen molar-refractivity contribution in [3.8, 4) is 17.2 Å². The number of ether oxygens (including phenoxy) is 2. The van der Waals surface area contributed by atoms with E-state index in [0.717, 1.165) is 17.7 Å². The topological polar surface area (TPSA) is 74.1 Å². The van der Waals surface area contributed by atoms with Gasteiger partial charge in [0, 0.05) is 13.0 Å². The molecular weight excluding hydrogens is 342 g/mol. The van der Waals surface area contributed by atoms with Gasteiger partial charge in [0.15, 0.2) is 11.5 Å². The summed E-state index contributed by atoms with van der Waals surface area (Å²) < 4.78 is 13.0. The number of hydrogen-bond donors (Lipinski definition) is 1. The van der Waals surface area contributed by atoms with Crippen LogP contribution in [0.25, 0.3) is 5.69 Å². The van der Waals surface area contributed by atoms with Crippen molar-refractivity contribution >= 4 is 17.5 Å². The number of aromatic nitrogens is 4. The first-order valence-electron chi connectivity index (χ1n) is 7.97. The maximum atomic E-state index is 6.33. The number of benzene rings is 2. The van der Waals surface area contributed by atoms with Gasteiger partial charge in [-0.15, -0.1) is 0 Å². The molecule has 2 aromatic carbocycles. The second kappa shape index (κ2) is 6.98. The number of tetrazole rings is 1. The Morgan fingerprint density at radius 2 is 1.96 bits per heavy atom. The Kier molecular flexibility index (Phi) is 4.39. The molecule has 128 valence electrons. The lowest BCUT2D eigenvalue weighted by Crippen LogP contribution is -2.07. The van der Waals surface area contributed by atoms with Crippen molar-refractivity contribution in [3.05, 3.63) is 53.1 Å². The van der Waals surface area contributed by atoms with Crippen molar-refractivity contribution in [1.29, 1.82) is 0 Å². The fourth-order valence-electron chi connectivity index (χ4n) is 2.61. The highest BCUT2D eigenvalue weighted by Crippen LogP contribution is 2.38. The number of nitrogens with zero attached hydrogens (tertiary/aromatic N) is 4. The Hall–Kier alpha value is -2.80. The molecular formula is C17H16ClN5O2. The highest BCUT2D eigenvalue weighted by molar-refractivity contribution is 6.32. The Morgan fingerprint density at radius 3 is 2.84 bits per heavy atom. The van der Waals surface area contributed by atoms with Gasteiger partial charge < -0.3 is 14.8 Å². The average molecular weight is 358 g/mol. The summed E-state index contributed by atoms with van der Waals surface area (Å²) in [5.41, 5.74) is 1.84. The van der Waals surface area contributed by atoms with Crippen molar-refractivity contribution in [2.45, 2.75) is 13.0 Å². The van der Waals surface area contributed by atoms with Gasteiger partial charge in [-0.3, -0.25) is 0 Å². The van der Waals surface area contributed by atoms with Crippen molar-refractivity contribution in [1.82, 2.24) is 20.2 Å². The molecule has 1 aromatic heterocycles. The van der Waals surface area contributed by atoms with Crippen molar-refractivity contribution in [3.63, 3.8) is 0 Å². The number of para-hydroxylation sites is 1. The van der Waals surface area contributed by atoms with E-state index in [0.29, 0.717) is 42.2 Å². The Bertz CT molecular complexity index is 869. The van der Waals surface area contributed by atoms with Crippen LogP contribution in [-0.4, -0.2) is 33.4 Å². The quantitative estimate of drug-likeness (QED) is 0.773. The van der Waals surface area contributed by atoms with Gasteiger partial charge in [-0.25, -0.2) is 0 Å². The van der Waals surface area contributed by atoms with E-state index in [1.807, 2.05) is 42.5 Å². The molecule has 0 amide bonds. The van der Waals surface area contributed by atoms with E-state index in [-0.39, 0.29) is 0 Å². The average Bonchev–Trinajstić information content (AvgIpc) is 2.98. The lowest BCUT2D eigenvalue weighted by atomic mass is 10.2. The second-order valence-electron chi connectivity index (χ2n) is 5.56. The first kappa shape index (κ1) is 15.7. The number of rotatable bonds is 4. The molecule has 0 aliphatic carbocycles. The number of anilines is 1. The van der Waals surface area contributed by atoms with Crippen LogP contribution < -0.4 is 14.8 Å². The van der Waals surface area contributed by atoms with Crippen LogP contribution in [0.4, 0.5) is 5.95 Å². The molecule has 0 unspecified atom stereocenters. The third-order valence-electron chi connectivity index (χ3n) is 3.78. The van der Waals surface area contributed by atoms with Crippen LogP contribution in [-0.2, 0) is 6.54 Å². The molecule has 4 rings (SSSR count).